The molecule has 0 aromatic heterocycles. The maximum atomic E-state index is 13.4. The summed E-state index contributed by atoms with van der Waals surface area (Å²) in [5, 5.41) is 366. The third kappa shape index (κ3) is 26.2. The summed E-state index contributed by atoms with van der Waals surface area (Å²) in [5.74, 6) is -3.03. The molecule has 37 N–H and O–H groups in total. The molecule has 62 nitrogen and oxygen atoms in total. The first-order valence-corrected chi connectivity index (χ1v) is 43.9. The van der Waals surface area contributed by atoms with Crippen LogP contribution in [0.2, 0.25) is 0 Å². The number of carbonyl (C=O) groups is 3. The van der Waals surface area contributed by atoms with E-state index in [-0.39, 0.29) is 0 Å². The number of aliphatic hydroxyl groups excluding tert-OH is 32. The van der Waals surface area contributed by atoms with Crippen LogP contribution in [0.3, 0.4) is 0 Å². The molecule has 54 atom stereocenters. The normalized spacial score (nSPS) is 47.2. The molecule has 10 rings (SSSR count). The summed E-state index contributed by atoms with van der Waals surface area (Å²) < 4.78 is 136. The Bertz CT molecular complexity index is 3660. The van der Waals surface area contributed by atoms with Crippen molar-refractivity contribution in [2.45, 2.75) is 352 Å². The molecule has 0 aromatic rings. The number of nitrogens with one attached hydrogen (secondary N) is 3. The molecule has 0 spiro atoms. The van der Waals surface area contributed by atoms with Crippen LogP contribution in [0, 0.1) is 0 Å². The number of rotatable bonds is 40. The lowest BCUT2D eigenvalue weighted by Crippen LogP contribution is -2.71. The Kier molecular flexibility index (Phi) is 41.8. The summed E-state index contributed by atoms with van der Waals surface area (Å²) >= 11 is 0. The summed E-state index contributed by atoms with van der Waals surface area (Å²) in [4.78, 5) is 58.1. The minimum Gasteiger partial charge on any atom is -0.394 e. The molecule has 10 aliphatic rings. The van der Waals surface area contributed by atoms with Crippen LogP contribution in [-0.2, 0) is 118 Å². The van der Waals surface area contributed by atoms with Crippen LogP contribution in [0.1, 0.15) is 20.8 Å². The van der Waals surface area contributed by atoms with Gasteiger partial charge in [0.05, 0.1) is 85.3 Å². The van der Waals surface area contributed by atoms with Crippen LogP contribution in [0.5, 0.6) is 0 Å². The van der Waals surface area contributed by atoms with Crippen molar-refractivity contribution >= 4 is 25.5 Å². The van der Waals surface area contributed by atoms with Crippen LogP contribution in [0.15, 0.2) is 0 Å². The number of aliphatic hydroxyl groups is 32. The average Bonchev–Trinajstić information content (AvgIpc) is 0.750. The number of carbonyl (C=O) groups excluding carboxylic acids is 3. The molecular formula is C72H124N3O59P. The molecule has 63 heteroatoms. The fourth-order valence-electron chi connectivity index (χ4n) is 16.6. The van der Waals surface area contributed by atoms with Gasteiger partial charge < -0.3 is 284 Å². The number of hydrogen-bond acceptors (Lipinski definition) is 57. The first-order valence-electron chi connectivity index (χ1n) is 42.3. The molecule has 3 amide bonds. The van der Waals surface area contributed by atoms with Crippen molar-refractivity contribution < 1.29 is 291 Å². The van der Waals surface area contributed by atoms with E-state index in [0.29, 0.717) is 0 Å². The summed E-state index contributed by atoms with van der Waals surface area (Å²) in [6, 6.07) is -6.02. The van der Waals surface area contributed by atoms with Crippen LogP contribution in [-0.4, -0.2) is 601 Å². The number of phosphoric ester groups is 1. The Morgan fingerprint density at radius 1 is 0.289 bits per heavy atom. The zero-order chi connectivity index (χ0) is 99.9. The van der Waals surface area contributed by atoms with E-state index < -0.39 is 436 Å². The smallest absolute Gasteiger partial charge is 0.394 e. The van der Waals surface area contributed by atoms with Crippen LogP contribution in [0.4, 0.5) is 0 Å². The standard InChI is InChI=1S/C72H124N3O59P/c1-16(85)73-19(4-76)33(89)55(20(88)5-77)127-64-32(75-18(3)87)43(99)56(27(12-84)123-64)128-70-54(110)60(132-72-62(47(103)38(94)25(10-82)122-72)134-69-53(109)58(40(96)26(11-83)121-69)130-66-49(105)44(100)35(91)22(7-79)118-66)57(129-63-31(74-17(2)86)42(98)34(90)21(6-78)117-63)30(126-70)14-114-65-52(108)59(131-67-50(106)45(101)36(92)23(8-80)119-67)41(97)28(124-65)13-115-71-61(48(104)39(95)29(125-71)15-116-135(111,112)113)133-68-51(107)46(102)37(93)24(9-81)120-68/h19-72,76-84,88-110H,4-15H2,1-3H3,(H,73,85)(H,74,86)(H,75,87)(H2,111,112,113)/t19-,20+,21+,22+,23+,24+,25+,26+,27+,28+,29+,30+,31+,32+,33+,34+,35+,36+,37+,38+,39+,40+,41+,42+,43+,44-,45-,46-,47-,48-,49+,50-,51-,52-,53-,54-,55+,56+,57+,58-,59-,60+,61-,62-,63-,64-,65-,66+,67+,68+,69+,70-,71-,72+/m0/s1. The van der Waals surface area contributed by atoms with E-state index in [9.17, 15) is 192 Å². The van der Waals surface area contributed by atoms with E-state index in [1.165, 1.54) is 0 Å². The second kappa shape index (κ2) is 49.8. The first kappa shape index (κ1) is 113. The van der Waals surface area contributed by atoms with Gasteiger partial charge in [-0.05, 0) is 0 Å². The van der Waals surface area contributed by atoms with Crippen molar-refractivity contribution in [3.63, 3.8) is 0 Å². The van der Waals surface area contributed by atoms with E-state index in [4.69, 9.17) is 94.7 Å². The quantitative estimate of drug-likeness (QED) is 0.0253. The summed E-state index contributed by atoms with van der Waals surface area (Å²) in [6.07, 6.45) is -119. The van der Waals surface area contributed by atoms with E-state index in [1.54, 1.807) is 0 Å². The molecule has 10 aliphatic heterocycles. The fraction of sp³-hybridized carbons (Fsp3) is 0.958. The Hall–Kier alpha value is -3.56. The van der Waals surface area contributed by atoms with Gasteiger partial charge in [-0.3, -0.25) is 18.9 Å². The number of phosphoric acid groups is 1. The van der Waals surface area contributed by atoms with Gasteiger partial charge in [0.2, 0.25) is 17.7 Å². The highest BCUT2D eigenvalue weighted by molar-refractivity contribution is 7.46. The van der Waals surface area contributed by atoms with Crippen LogP contribution < -0.4 is 16.0 Å². The summed E-state index contributed by atoms with van der Waals surface area (Å²) in [6.45, 7) is -12.5. The SMILES string of the molecule is CC(=O)N[C@H]1[C@H](O[C@@H]([C@H](O)[C@H](CO)NC(C)=O)[C@H](O)CO)O[C@H](CO)[C@@H](O[C@@H]2O[C@H](CO[C@H]3O[C@H](CO[C@H]4O[C@H](COP(=O)(O)O)[C@@H](O)[C@H](O)[C@@H]4O[C@H]4O[C@H](CO)[C@@H](O)[C@H](O)[C@@H]4O)[C@@H](O)[C@H](O[C@H]4O[C@H](CO)[C@@H](O)[C@H](O)[C@@H]4O)[C@@H]3O)[C@@H](O[C@@H]3O[C@H](CO)[C@@H](O)[C@H](O)[C@H]3NC(C)=O)[C@H](O[C@H]3O[C@H](CO)[C@@H](O)[C@H](O)[C@@H]3O[C@H]3O[C@H](CO)[C@@H](O)[C@H](O[C@H]4O[C@H](CO)[C@@H](O)[C@H](O)[C@H]4O)[C@@H]3O)[C@@H]2O)[C@@H]1O. The Morgan fingerprint density at radius 3 is 1.05 bits per heavy atom. The third-order valence-corrected chi connectivity index (χ3v) is 24.5. The Labute approximate surface area is 762 Å². The highest BCUT2D eigenvalue weighted by Crippen LogP contribution is 2.43. The van der Waals surface area contributed by atoms with Crippen LogP contribution >= 0.6 is 7.82 Å². The molecular weight excluding hydrogens is 1880 g/mol. The molecule has 0 aromatic carbocycles. The summed E-state index contributed by atoms with van der Waals surface area (Å²) in [5.41, 5.74) is 0. The molecule has 10 saturated heterocycles. The third-order valence-electron chi connectivity index (χ3n) is 24.1. The highest BCUT2D eigenvalue weighted by Gasteiger charge is 2.63. The number of ether oxygens (including phenoxy) is 20. The molecule has 10 fully saturated rings. The van der Waals surface area contributed by atoms with Gasteiger partial charge >= 0.3 is 7.82 Å². The van der Waals surface area contributed by atoms with E-state index in [1.807, 2.05) is 0 Å². The Balaban J connectivity index is 1.11. The molecule has 0 saturated carbocycles. The second-order valence-electron chi connectivity index (χ2n) is 33.5. The molecule has 0 radical (unpaired) electrons. The zero-order valence-electron chi connectivity index (χ0n) is 71.5. The maximum absolute atomic E-state index is 13.4. The lowest BCUT2D eigenvalue weighted by Gasteiger charge is -2.52. The molecule has 0 unspecified atom stereocenters. The predicted octanol–water partition coefficient (Wildman–Crippen LogP) is -24.8. The summed E-state index contributed by atoms with van der Waals surface area (Å²) in [7, 11) is -5.52. The van der Waals surface area contributed by atoms with Gasteiger partial charge in [-0.15, -0.1) is 0 Å². The maximum Gasteiger partial charge on any atom is 0.469 e. The van der Waals surface area contributed by atoms with Crippen molar-refractivity contribution in [2.24, 2.45) is 0 Å². The molecule has 0 aliphatic carbocycles. The highest BCUT2D eigenvalue weighted by atomic mass is 31.2. The van der Waals surface area contributed by atoms with Gasteiger partial charge in [-0.2, -0.15) is 0 Å². The lowest BCUT2D eigenvalue weighted by atomic mass is 9.93. The van der Waals surface area contributed by atoms with Crippen LogP contribution in [0.25, 0.3) is 0 Å². The number of hydrogen-bond donors (Lipinski definition) is 37. The second-order valence-corrected chi connectivity index (χ2v) is 34.7. The monoisotopic (exact) mass is 2010 g/mol. The minimum atomic E-state index is -5.52. The van der Waals surface area contributed by atoms with E-state index in [0.717, 1.165) is 20.8 Å². The fourth-order valence-corrected chi connectivity index (χ4v) is 17.0. The van der Waals surface area contributed by atoms with E-state index in [2.05, 4.69) is 20.5 Å². The van der Waals surface area contributed by atoms with Gasteiger partial charge in [-0.25, -0.2) is 4.57 Å². The topological polar surface area (TPSA) is 986 Å². The molecule has 786 valence electrons. The first-order chi connectivity index (χ1) is 63.7. The van der Waals surface area contributed by atoms with Crippen molar-refractivity contribution in [2.75, 3.05) is 79.3 Å². The van der Waals surface area contributed by atoms with E-state index >= 15 is 0 Å². The van der Waals surface area contributed by atoms with Crippen molar-refractivity contribution in [1.29, 1.82) is 0 Å². The number of amides is 3. The van der Waals surface area contributed by atoms with Gasteiger partial charge in [0.15, 0.2) is 62.9 Å². The van der Waals surface area contributed by atoms with Crippen molar-refractivity contribution in [3.8, 4) is 0 Å². The minimum absolute atomic E-state index is 0.844. The molecule has 135 heavy (non-hydrogen) atoms. The largest absolute Gasteiger partial charge is 0.469 e. The molecule has 0 bridgehead atoms. The zero-order valence-corrected chi connectivity index (χ0v) is 72.4. The molecule has 10 heterocycles. The van der Waals surface area contributed by atoms with Gasteiger partial charge in [-0.1, -0.05) is 0 Å². The van der Waals surface area contributed by atoms with Crippen molar-refractivity contribution in [3.05, 3.63) is 0 Å². The average molecular weight is 2010 g/mol. The van der Waals surface area contributed by atoms with Gasteiger partial charge in [0.25, 0.3) is 0 Å². The lowest BCUT2D eigenvalue weighted by molar-refractivity contribution is -0.412. The van der Waals surface area contributed by atoms with Gasteiger partial charge in [0, 0.05) is 20.8 Å². The predicted molar refractivity (Wildman–Crippen MR) is 410 cm³/mol. The Morgan fingerprint density at radius 2 is 0.607 bits per heavy atom. The van der Waals surface area contributed by atoms with Gasteiger partial charge in [0.1, 0.15) is 262 Å². The van der Waals surface area contributed by atoms with Crippen molar-refractivity contribution in [1.82, 2.24) is 16.0 Å².